The molecule has 0 radical (unpaired) electrons. The largest absolute Gasteiger partial charge is 0.322 e. The minimum absolute atomic E-state index is 0.128. The Morgan fingerprint density at radius 2 is 1.93 bits per heavy atom. The fraction of sp³-hybridized carbons (Fsp3) is 0.158. The van der Waals surface area contributed by atoms with Crippen molar-refractivity contribution in [2.75, 3.05) is 19.4 Å². The third kappa shape index (κ3) is 4.24. The molecule has 0 fully saturated rings. The number of thiazole rings is 1. The summed E-state index contributed by atoms with van der Waals surface area (Å²) in [6.45, 7) is 1.80. The normalized spacial score (nSPS) is 12.1. The number of carbonyl (C=O) groups is 1. The number of rotatable bonds is 5. The molecule has 0 aliphatic rings. The quantitative estimate of drug-likeness (QED) is 0.664. The van der Waals surface area contributed by atoms with Gasteiger partial charge < -0.3 is 5.32 Å². The highest BCUT2D eigenvalue weighted by Crippen LogP contribution is 2.23. The Bertz CT molecular complexity index is 1100. The number of aromatic nitrogens is 1. The van der Waals surface area contributed by atoms with Crippen LogP contribution >= 0.6 is 11.3 Å². The molecule has 1 N–H and O–H groups in total. The average molecular weight is 402 g/mol. The van der Waals surface area contributed by atoms with Gasteiger partial charge in [0.25, 0.3) is 0 Å². The molecule has 1 amide bonds. The van der Waals surface area contributed by atoms with E-state index in [2.05, 4.69) is 10.3 Å². The molecule has 3 aromatic rings. The molecule has 0 aliphatic heterocycles. The second-order valence-corrected chi connectivity index (χ2v) is 9.32. The molecule has 0 bridgehead atoms. The lowest BCUT2D eigenvalue weighted by atomic mass is 10.2. The second kappa shape index (κ2) is 7.59. The van der Waals surface area contributed by atoms with Crippen LogP contribution in [0.2, 0.25) is 0 Å². The maximum absolute atomic E-state index is 12.3. The van der Waals surface area contributed by atoms with Crippen molar-refractivity contribution in [2.24, 2.45) is 0 Å². The van der Waals surface area contributed by atoms with Crippen molar-refractivity contribution in [3.63, 3.8) is 0 Å². The molecular formula is C19H19N3O3S2. The lowest BCUT2D eigenvalue weighted by molar-refractivity contribution is -0.111. The van der Waals surface area contributed by atoms with Crippen LogP contribution in [-0.4, -0.2) is 37.7 Å². The number of benzene rings is 2. The summed E-state index contributed by atoms with van der Waals surface area (Å²) in [6, 6.07) is 12.4. The molecule has 8 heteroatoms. The molecule has 0 unspecified atom stereocenters. The van der Waals surface area contributed by atoms with Gasteiger partial charge in [0.05, 0.1) is 15.1 Å². The lowest BCUT2D eigenvalue weighted by Gasteiger charge is -2.14. The summed E-state index contributed by atoms with van der Waals surface area (Å²) in [7, 11) is -0.633. The van der Waals surface area contributed by atoms with Crippen LogP contribution in [0.5, 0.6) is 0 Å². The zero-order valence-corrected chi connectivity index (χ0v) is 16.8. The van der Waals surface area contributed by atoms with Gasteiger partial charge in [0.1, 0.15) is 5.01 Å². The Balaban J connectivity index is 1.79. The third-order valence-corrected chi connectivity index (χ3v) is 6.75. The number of aryl methyl sites for hydroxylation is 1. The van der Waals surface area contributed by atoms with E-state index in [1.54, 1.807) is 19.1 Å². The molecule has 0 aliphatic carbocycles. The van der Waals surface area contributed by atoms with Gasteiger partial charge in [-0.1, -0.05) is 18.2 Å². The molecule has 1 heterocycles. The van der Waals surface area contributed by atoms with E-state index in [1.165, 1.54) is 43.6 Å². The number of anilines is 1. The molecular weight excluding hydrogens is 382 g/mol. The number of nitrogens with one attached hydrogen (secondary N) is 1. The third-order valence-electron chi connectivity index (χ3n) is 3.93. The topological polar surface area (TPSA) is 79.4 Å². The molecule has 27 heavy (non-hydrogen) atoms. The number of para-hydroxylation sites is 1. The van der Waals surface area contributed by atoms with Crippen LogP contribution in [0, 0.1) is 6.92 Å². The summed E-state index contributed by atoms with van der Waals surface area (Å²) in [5, 5.41) is 3.46. The average Bonchev–Trinajstić information content (AvgIpc) is 3.04. The summed E-state index contributed by atoms with van der Waals surface area (Å²) < 4.78 is 26.7. The first-order valence-corrected chi connectivity index (χ1v) is 10.4. The monoisotopic (exact) mass is 401 g/mol. The Hall–Kier alpha value is -2.55. The molecule has 3 rings (SSSR count). The van der Waals surface area contributed by atoms with Gasteiger partial charge in [-0.05, 0) is 42.8 Å². The van der Waals surface area contributed by atoms with Gasteiger partial charge in [-0.3, -0.25) is 4.79 Å². The van der Waals surface area contributed by atoms with E-state index >= 15 is 0 Å². The number of hydrogen-bond donors (Lipinski definition) is 1. The summed E-state index contributed by atoms with van der Waals surface area (Å²) in [4.78, 5) is 16.8. The smallest absolute Gasteiger partial charge is 0.248 e. The van der Waals surface area contributed by atoms with Crippen LogP contribution in [0.15, 0.2) is 53.4 Å². The van der Waals surface area contributed by atoms with Gasteiger partial charge in [-0.25, -0.2) is 17.7 Å². The van der Waals surface area contributed by atoms with E-state index in [0.717, 1.165) is 25.1 Å². The predicted molar refractivity (Wildman–Crippen MR) is 109 cm³/mol. The molecule has 6 nitrogen and oxygen atoms in total. The van der Waals surface area contributed by atoms with Crippen molar-refractivity contribution in [3.05, 3.63) is 59.1 Å². The Morgan fingerprint density at radius 1 is 1.19 bits per heavy atom. The first-order chi connectivity index (χ1) is 12.8. The maximum atomic E-state index is 12.3. The zero-order valence-electron chi connectivity index (χ0n) is 15.1. The van der Waals surface area contributed by atoms with Crippen LogP contribution in [0.25, 0.3) is 16.3 Å². The minimum atomic E-state index is -3.57. The highest BCUT2D eigenvalue weighted by Gasteiger charge is 2.18. The first kappa shape index (κ1) is 19.2. The van der Waals surface area contributed by atoms with Crippen molar-refractivity contribution in [1.29, 1.82) is 0 Å². The van der Waals surface area contributed by atoms with Gasteiger partial charge in [0, 0.05) is 25.9 Å². The Morgan fingerprint density at radius 3 is 2.63 bits per heavy atom. The molecule has 1 aromatic heterocycles. The van der Waals surface area contributed by atoms with Crippen LogP contribution in [0.3, 0.4) is 0 Å². The number of nitrogens with zero attached hydrogens (tertiary/aromatic N) is 2. The van der Waals surface area contributed by atoms with E-state index in [9.17, 15) is 13.2 Å². The highest BCUT2D eigenvalue weighted by molar-refractivity contribution is 7.89. The van der Waals surface area contributed by atoms with E-state index < -0.39 is 10.0 Å². The molecule has 0 saturated carbocycles. The predicted octanol–water partition coefficient (Wildman–Crippen LogP) is 3.51. The number of carbonyl (C=O) groups excluding carboxylic acids is 1. The number of fused-ring (bicyclic) bond motifs is 1. The van der Waals surface area contributed by atoms with Gasteiger partial charge in [0.15, 0.2) is 0 Å². The Labute approximate surface area is 162 Å². The van der Waals surface area contributed by atoms with Crippen molar-refractivity contribution < 1.29 is 13.2 Å². The fourth-order valence-electron chi connectivity index (χ4n) is 2.39. The second-order valence-electron chi connectivity index (χ2n) is 6.11. The molecule has 140 valence electrons. The van der Waals surface area contributed by atoms with Crippen molar-refractivity contribution in [2.45, 2.75) is 11.8 Å². The van der Waals surface area contributed by atoms with E-state index in [0.29, 0.717) is 5.69 Å². The molecule has 2 aromatic carbocycles. The van der Waals surface area contributed by atoms with E-state index in [4.69, 9.17) is 0 Å². The van der Waals surface area contributed by atoms with Gasteiger partial charge in [0.2, 0.25) is 15.9 Å². The minimum Gasteiger partial charge on any atom is -0.322 e. The summed E-state index contributed by atoms with van der Waals surface area (Å²) in [5.41, 5.74) is 2.12. The van der Waals surface area contributed by atoms with E-state index in [1.807, 2.05) is 24.3 Å². The SMILES string of the molecule is Cc1ccc(S(=O)(=O)N(C)C)cc1NC(=O)/C=C/c1nc2ccccc2s1. The number of hydrogen-bond acceptors (Lipinski definition) is 5. The van der Waals surface area contributed by atoms with Crippen molar-refractivity contribution in [1.82, 2.24) is 9.29 Å². The summed E-state index contributed by atoms with van der Waals surface area (Å²) in [6.07, 6.45) is 3.04. The van der Waals surface area contributed by atoms with E-state index in [-0.39, 0.29) is 10.8 Å². The van der Waals surface area contributed by atoms with Crippen LogP contribution < -0.4 is 5.32 Å². The fourth-order valence-corrected chi connectivity index (χ4v) is 4.19. The van der Waals surface area contributed by atoms with Gasteiger partial charge in [-0.2, -0.15) is 0 Å². The van der Waals surface area contributed by atoms with Gasteiger partial charge >= 0.3 is 0 Å². The standard InChI is InChI=1S/C19H19N3O3S2/c1-13-8-9-14(27(24,25)22(2)3)12-16(13)20-18(23)10-11-19-21-15-6-4-5-7-17(15)26-19/h4-12H,1-3H3,(H,20,23)/b11-10+. The van der Waals surface area contributed by atoms with Crippen molar-refractivity contribution in [3.8, 4) is 0 Å². The van der Waals surface area contributed by atoms with Crippen LogP contribution in [0.4, 0.5) is 5.69 Å². The highest BCUT2D eigenvalue weighted by atomic mass is 32.2. The molecule has 0 spiro atoms. The van der Waals surface area contributed by atoms with Crippen LogP contribution in [-0.2, 0) is 14.8 Å². The van der Waals surface area contributed by atoms with Gasteiger partial charge in [-0.15, -0.1) is 11.3 Å². The maximum Gasteiger partial charge on any atom is 0.248 e. The number of amides is 1. The summed E-state index contributed by atoms with van der Waals surface area (Å²) >= 11 is 1.49. The van der Waals surface area contributed by atoms with Crippen LogP contribution in [0.1, 0.15) is 10.6 Å². The summed E-state index contributed by atoms with van der Waals surface area (Å²) in [5.74, 6) is -0.350. The number of sulfonamides is 1. The van der Waals surface area contributed by atoms with Crippen molar-refractivity contribution >= 4 is 49.2 Å². The zero-order chi connectivity index (χ0) is 19.6. The lowest BCUT2D eigenvalue weighted by Crippen LogP contribution is -2.22. The first-order valence-electron chi connectivity index (χ1n) is 8.15. The molecule has 0 atom stereocenters. The molecule has 0 saturated heterocycles. The Kier molecular flexibility index (Phi) is 5.41.